The van der Waals surface area contributed by atoms with E-state index in [1.54, 1.807) is 19.2 Å². The Morgan fingerprint density at radius 1 is 1.21 bits per heavy atom. The quantitative estimate of drug-likeness (QED) is 0.280. The second-order valence-corrected chi connectivity index (χ2v) is 6.63. The molecule has 4 rings (SSSR count). The Bertz CT molecular complexity index is 992. The van der Waals surface area contributed by atoms with Crippen molar-refractivity contribution in [1.29, 1.82) is 0 Å². The van der Waals surface area contributed by atoms with Gasteiger partial charge < -0.3 is 25.1 Å². The summed E-state index contributed by atoms with van der Waals surface area (Å²) in [5.41, 5.74) is 2.01. The minimum atomic E-state index is -0.227. The molecular weight excluding hydrogens is 486 g/mol. The van der Waals surface area contributed by atoms with Gasteiger partial charge >= 0.3 is 0 Å². The van der Waals surface area contributed by atoms with Crippen LogP contribution < -0.4 is 20.1 Å². The molecule has 3 N–H and O–H groups in total. The van der Waals surface area contributed by atoms with Crippen LogP contribution in [0.2, 0.25) is 0 Å². The molecule has 154 valence electrons. The van der Waals surface area contributed by atoms with Gasteiger partial charge in [0.15, 0.2) is 17.5 Å². The fourth-order valence-corrected chi connectivity index (χ4v) is 3.27. The molecule has 3 aromatic rings. The number of benzene rings is 2. The van der Waals surface area contributed by atoms with Crippen LogP contribution in [0.15, 0.2) is 53.7 Å². The zero-order chi connectivity index (χ0) is 19.3. The fourth-order valence-electron chi connectivity index (χ4n) is 3.27. The molecule has 0 fully saturated rings. The third-order valence-corrected chi connectivity index (χ3v) is 4.70. The van der Waals surface area contributed by atoms with Gasteiger partial charge in [-0.05, 0) is 42.3 Å². The lowest BCUT2D eigenvalue weighted by Crippen LogP contribution is -2.45. The second kappa shape index (κ2) is 9.82. The van der Waals surface area contributed by atoms with E-state index in [4.69, 9.17) is 9.47 Å². The molecule has 0 aliphatic carbocycles. The molecule has 2 heterocycles. The lowest BCUT2D eigenvalue weighted by Gasteiger charge is -2.27. The molecule has 8 heteroatoms. The molecule has 1 unspecified atom stereocenters. The SMILES string of the molecule is CN=C(NCCc1c[nH]c2ccc(F)cc12)NCC1COc2ccccc2O1.I. The van der Waals surface area contributed by atoms with Crippen LogP contribution in [0.25, 0.3) is 10.9 Å². The minimum Gasteiger partial charge on any atom is -0.486 e. The van der Waals surface area contributed by atoms with Gasteiger partial charge in [-0.15, -0.1) is 24.0 Å². The molecule has 0 radical (unpaired) electrons. The molecule has 1 aromatic heterocycles. The smallest absolute Gasteiger partial charge is 0.191 e. The maximum Gasteiger partial charge on any atom is 0.191 e. The number of aliphatic imine (C=N–C) groups is 1. The number of hydrogen-bond acceptors (Lipinski definition) is 3. The summed E-state index contributed by atoms with van der Waals surface area (Å²) in [6.07, 6.45) is 2.58. The first-order valence-electron chi connectivity index (χ1n) is 9.31. The first-order valence-corrected chi connectivity index (χ1v) is 9.31. The van der Waals surface area contributed by atoms with E-state index < -0.39 is 0 Å². The van der Waals surface area contributed by atoms with Crippen LogP contribution in [0.3, 0.4) is 0 Å². The van der Waals surface area contributed by atoms with E-state index in [2.05, 4.69) is 20.6 Å². The normalized spacial score (nSPS) is 15.7. The Hall–Kier alpha value is -2.49. The molecule has 0 spiro atoms. The number of hydrogen-bond donors (Lipinski definition) is 3. The van der Waals surface area contributed by atoms with Crippen molar-refractivity contribution in [2.45, 2.75) is 12.5 Å². The summed E-state index contributed by atoms with van der Waals surface area (Å²) >= 11 is 0. The molecule has 6 nitrogen and oxygen atoms in total. The number of rotatable bonds is 5. The summed E-state index contributed by atoms with van der Waals surface area (Å²) < 4.78 is 25.2. The number of nitrogens with zero attached hydrogens (tertiary/aromatic N) is 1. The Labute approximate surface area is 185 Å². The molecule has 29 heavy (non-hydrogen) atoms. The third-order valence-electron chi connectivity index (χ3n) is 4.70. The summed E-state index contributed by atoms with van der Waals surface area (Å²) in [5, 5.41) is 7.46. The molecule has 0 bridgehead atoms. The molecule has 1 atom stereocenters. The average molecular weight is 510 g/mol. The first kappa shape index (κ1) is 21.2. The Kier molecular flexibility index (Phi) is 7.18. The highest BCUT2D eigenvalue weighted by Gasteiger charge is 2.20. The van der Waals surface area contributed by atoms with Crippen molar-refractivity contribution in [2.75, 3.05) is 26.7 Å². The van der Waals surface area contributed by atoms with Gasteiger partial charge in [-0.2, -0.15) is 0 Å². The molecule has 1 aliphatic rings. The van der Waals surface area contributed by atoms with E-state index in [9.17, 15) is 4.39 Å². The summed E-state index contributed by atoms with van der Waals surface area (Å²) in [7, 11) is 1.73. The van der Waals surface area contributed by atoms with Crippen LogP contribution in [-0.4, -0.2) is 43.8 Å². The number of para-hydroxylation sites is 2. The highest BCUT2D eigenvalue weighted by atomic mass is 127. The number of H-pyrrole nitrogens is 1. The Balaban J connectivity index is 0.00000240. The van der Waals surface area contributed by atoms with Gasteiger partial charge in [0, 0.05) is 30.7 Å². The number of halogens is 2. The lowest BCUT2D eigenvalue weighted by molar-refractivity contribution is 0.0936. The molecule has 0 saturated heterocycles. The molecular formula is C21H24FIN4O2. The number of fused-ring (bicyclic) bond motifs is 2. The topological polar surface area (TPSA) is 70.7 Å². The van der Waals surface area contributed by atoms with E-state index in [0.717, 1.165) is 34.4 Å². The zero-order valence-electron chi connectivity index (χ0n) is 16.1. The van der Waals surface area contributed by atoms with Crippen molar-refractivity contribution in [1.82, 2.24) is 15.6 Å². The van der Waals surface area contributed by atoms with Gasteiger partial charge in [-0.1, -0.05) is 12.1 Å². The van der Waals surface area contributed by atoms with Crippen molar-refractivity contribution in [3.8, 4) is 11.5 Å². The highest BCUT2D eigenvalue weighted by Crippen LogP contribution is 2.30. The Morgan fingerprint density at radius 3 is 2.86 bits per heavy atom. The molecule has 0 saturated carbocycles. The number of nitrogens with one attached hydrogen (secondary N) is 3. The van der Waals surface area contributed by atoms with Crippen LogP contribution in [0.1, 0.15) is 5.56 Å². The van der Waals surface area contributed by atoms with Gasteiger partial charge in [-0.3, -0.25) is 4.99 Å². The van der Waals surface area contributed by atoms with Crippen LogP contribution in [0.4, 0.5) is 4.39 Å². The van der Waals surface area contributed by atoms with Gasteiger partial charge in [0.2, 0.25) is 0 Å². The maximum atomic E-state index is 13.5. The largest absolute Gasteiger partial charge is 0.486 e. The van der Waals surface area contributed by atoms with Crippen molar-refractivity contribution in [3.63, 3.8) is 0 Å². The van der Waals surface area contributed by atoms with E-state index >= 15 is 0 Å². The summed E-state index contributed by atoms with van der Waals surface area (Å²) in [5.74, 6) is 2.00. The van der Waals surface area contributed by atoms with E-state index in [0.29, 0.717) is 25.7 Å². The molecule has 2 aromatic carbocycles. The van der Waals surface area contributed by atoms with Crippen molar-refractivity contribution < 1.29 is 13.9 Å². The Morgan fingerprint density at radius 2 is 2.03 bits per heavy atom. The van der Waals surface area contributed by atoms with Crippen LogP contribution >= 0.6 is 24.0 Å². The number of aromatic nitrogens is 1. The summed E-state index contributed by atoms with van der Waals surface area (Å²) in [4.78, 5) is 7.42. The minimum absolute atomic E-state index is 0. The third kappa shape index (κ3) is 5.11. The standard InChI is InChI=1S/C21H23FN4O2.HI/c1-23-21(26-12-16-13-27-19-4-2-3-5-20(19)28-16)24-9-8-14-11-25-18-7-6-15(22)10-17(14)18;/h2-7,10-11,16,25H,8-9,12-13H2,1H3,(H2,23,24,26);1H. The summed E-state index contributed by atoms with van der Waals surface area (Å²) in [6.45, 7) is 1.74. The van der Waals surface area contributed by atoms with Crippen LogP contribution in [0, 0.1) is 5.82 Å². The highest BCUT2D eigenvalue weighted by molar-refractivity contribution is 14.0. The average Bonchev–Trinajstić information content (AvgIpc) is 3.12. The van der Waals surface area contributed by atoms with E-state index in [1.165, 1.54) is 6.07 Å². The monoisotopic (exact) mass is 510 g/mol. The summed E-state index contributed by atoms with van der Waals surface area (Å²) in [6, 6.07) is 12.4. The van der Waals surface area contributed by atoms with E-state index in [-0.39, 0.29) is 35.9 Å². The van der Waals surface area contributed by atoms with E-state index in [1.807, 2.05) is 30.5 Å². The van der Waals surface area contributed by atoms with Crippen molar-refractivity contribution >= 4 is 40.8 Å². The molecule has 1 aliphatic heterocycles. The molecule has 0 amide bonds. The van der Waals surface area contributed by atoms with Gasteiger partial charge in [-0.25, -0.2) is 4.39 Å². The van der Waals surface area contributed by atoms with Gasteiger partial charge in [0.1, 0.15) is 18.5 Å². The van der Waals surface area contributed by atoms with Crippen LogP contribution in [0.5, 0.6) is 11.5 Å². The first-order chi connectivity index (χ1) is 13.7. The maximum absolute atomic E-state index is 13.5. The number of ether oxygens (including phenoxy) is 2. The number of aromatic amines is 1. The predicted octanol–water partition coefficient (Wildman–Crippen LogP) is 3.47. The van der Waals surface area contributed by atoms with Gasteiger partial charge in [0.05, 0.1) is 6.54 Å². The number of guanidine groups is 1. The predicted molar refractivity (Wildman–Crippen MR) is 123 cm³/mol. The van der Waals surface area contributed by atoms with Crippen LogP contribution in [-0.2, 0) is 6.42 Å². The van der Waals surface area contributed by atoms with Crippen molar-refractivity contribution in [2.24, 2.45) is 4.99 Å². The fraction of sp³-hybridized carbons (Fsp3) is 0.286. The lowest BCUT2D eigenvalue weighted by atomic mass is 10.1. The second-order valence-electron chi connectivity index (χ2n) is 6.63. The van der Waals surface area contributed by atoms with Gasteiger partial charge in [0.25, 0.3) is 0 Å². The van der Waals surface area contributed by atoms with Crippen molar-refractivity contribution in [3.05, 3.63) is 60.0 Å². The zero-order valence-corrected chi connectivity index (χ0v) is 18.4.